The molecule has 39 heavy (non-hydrogen) atoms. The van der Waals surface area contributed by atoms with Crippen molar-refractivity contribution < 1.29 is 22.8 Å². The van der Waals surface area contributed by atoms with Gasteiger partial charge >= 0.3 is 12.1 Å². The molecule has 1 atom stereocenters. The molecule has 0 radical (unpaired) electrons. The molecule has 0 unspecified atom stereocenters. The van der Waals surface area contributed by atoms with E-state index >= 15 is 0 Å². The number of halogens is 4. The number of piperidine rings is 1. The molecule has 1 aromatic heterocycles. The Morgan fingerprint density at radius 2 is 1.77 bits per heavy atom. The van der Waals surface area contributed by atoms with Gasteiger partial charge in [-0.3, -0.25) is 14.9 Å². The number of rotatable bonds is 6. The fourth-order valence-electron chi connectivity index (χ4n) is 4.75. The van der Waals surface area contributed by atoms with Crippen molar-refractivity contribution >= 4 is 40.4 Å². The molecular weight excluding hydrogens is 531 g/mol. The Morgan fingerprint density at radius 3 is 2.36 bits per heavy atom. The zero-order chi connectivity index (χ0) is 28.5. The zero-order valence-electron chi connectivity index (χ0n) is 22.4. The number of hydrogen-bond donors (Lipinski definition) is 2. The highest BCUT2D eigenvalue weighted by atomic mass is 35.5. The van der Waals surface area contributed by atoms with Gasteiger partial charge in [0, 0.05) is 29.2 Å². The van der Waals surface area contributed by atoms with Gasteiger partial charge in [0.25, 0.3) is 5.91 Å². The predicted octanol–water partition coefficient (Wildman–Crippen LogP) is 6.19. The number of aromatic nitrogens is 2. The minimum atomic E-state index is -4.99. The number of nitrogens with one attached hydrogen (secondary N) is 2. The molecule has 3 aromatic rings. The number of hydrogen-bond acceptors (Lipinski definition) is 4. The van der Waals surface area contributed by atoms with Crippen molar-refractivity contribution in [2.75, 3.05) is 18.4 Å². The molecule has 11 heteroatoms. The number of carbonyl (C=O) groups is 2. The van der Waals surface area contributed by atoms with Gasteiger partial charge in [0.15, 0.2) is 0 Å². The highest BCUT2D eigenvalue weighted by Crippen LogP contribution is 2.33. The van der Waals surface area contributed by atoms with Crippen LogP contribution in [0.15, 0.2) is 42.5 Å². The Hall–Kier alpha value is -3.11. The van der Waals surface area contributed by atoms with Gasteiger partial charge in [-0.05, 0) is 80.2 Å². The van der Waals surface area contributed by atoms with Crippen LogP contribution in [0.3, 0.4) is 0 Å². The molecule has 7 nitrogen and oxygen atoms in total. The zero-order valence-corrected chi connectivity index (χ0v) is 23.2. The first-order valence-electron chi connectivity index (χ1n) is 12.9. The molecule has 1 aliphatic heterocycles. The predicted molar refractivity (Wildman–Crippen MR) is 146 cm³/mol. The van der Waals surface area contributed by atoms with Crippen LogP contribution in [-0.4, -0.2) is 51.6 Å². The van der Waals surface area contributed by atoms with Gasteiger partial charge < -0.3 is 14.8 Å². The monoisotopic (exact) mass is 563 g/mol. The van der Waals surface area contributed by atoms with E-state index in [9.17, 15) is 22.8 Å². The fraction of sp³-hybridized carbons (Fsp3) is 0.464. The van der Waals surface area contributed by atoms with Crippen molar-refractivity contribution in [3.63, 3.8) is 0 Å². The van der Waals surface area contributed by atoms with Crippen LogP contribution in [0, 0.1) is 5.41 Å². The Balaban J connectivity index is 1.71. The number of amides is 2. The number of alkyl halides is 3. The van der Waals surface area contributed by atoms with Gasteiger partial charge in [-0.25, -0.2) is 4.98 Å². The summed E-state index contributed by atoms with van der Waals surface area (Å²) in [4.78, 5) is 31.0. The number of nitrogens with zero attached hydrogens (tertiary/aromatic N) is 3. The average Bonchev–Trinajstić information content (AvgIpc) is 3.23. The maximum Gasteiger partial charge on any atom is 0.471 e. The quantitative estimate of drug-likeness (QED) is 0.375. The van der Waals surface area contributed by atoms with Gasteiger partial charge in [-0.2, -0.15) is 13.2 Å². The van der Waals surface area contributed by atoms with Gasteiger partial charge in [0.05, 0.1) is 11.0 Å². The molecule has 0 saturated carbocycles. The third-order valence-electron chi connectivity index (χ3n) is 7.34. The van der Waals surface area contributed by atoms with E-state index in [-0.39, 0.29) is 18.5 Å². The summed E-state index contributed by atoms with van der Waals surface area (Å²) < 4.78 is 42.5. The average molecular weight is 564 g/mol. The molecule has 2 heterocycles. The van der Waals surface area contributed by atoms with E-state index < -0.39 is 23.5 Å². The van der Waals surface area contributed by atoms with Crippen molar-refractivity contribution in [2.24, 2.45) is 5.41 Å². The van der Waals surface area contributed by atoms with Crippen LogP contribution in [-0.2, 0) is 11.3 Å². The van der Waals surface area contributed by atoms with Crippen LogP contribution >= 0.6 is 11.6 Å². The molecule has 2 amide bonds. The Labute approximate surface area is 230 Å². The van der Waals surface area contributed by atoms with E-state index in [0.29, 0.717) is 27.6 Å². The van der Waals surface area contributed by atoms with Crippen LogP contribution in [0.4, 0.5) is 19.1 Å². The molecule has 1 fully saturated rings. The standard InChI is InChI=1S/C28H33ClF3N5O2/c1-17(27(2,3)4)36(25(39)28(30,31)32)16-18-5-10-23-22(15-18)34-26(37(23)21-11-13-33-14-12-21)35-24(38)19-6-8-20(29)9-7-19/h5-10,15,17,21,33H,11-14,16H2,1-4H3,(H,34,35,38)/t17-/m0/s1. The highest BCUT2D eigenvalue weighted by Gasteiger charge is 2.45. The molecule has 210 valence electrons. The lowest BCUT2D eigenvalue weighted by atomic mass is 9.86. The third kappa shape index (κ3) is 6.55. The van der Waals surface area contributed by atoms with E-state index in [1.807, 2.05) is 4.57 Å². The maximum absolute atomic E-state index is 13.5. The second-order valence-corrected chi connectivity index (χ2v) is 11.5. The van der Waals surface area contributed by atoms with Gasteiger partial charge in [0.2, 0.25) is 5.95 Å². The lowest BCUT2D eigenvalue weighted by Gasteiger charge is -2.38. The van der Waals surface area contributed by atoms with E-state index in [2.05, 4.69) is 15.6 Å². The smallest absolute Gasteiger partial charge is 0.327 e. The van der Waals surface area contributed by atoms with Crippen LogP contribution in [0.5, 0.6) is 0 Å². The summed E-state index contributed by atoms with van der Waals surface area (Å²) in [5.41, 5.74) is 1.65. The topological polar surface area (TPSA) is 79.3 Å². The molecule has 1 saturated heterocycles. The van der Waals surface area contributed by atoms with Crippen molar-refractivity contribution in [1.82, 2.24) is 19.8 Å². The Kier molecular flexibility index (Phi) is 8.28. The first kappa shape index (κ1) is 28.9. The van der Waals surface area contributed by atoms with E-state index in [0.717, 1.165) is 36.3 Å². The number of benzene rings is 2. The van der Waals surface area contributed by atoms with Gasteiger partial charge in [0.1, 0.15) is 0 Å². The van der Waals surface area contributed by atoms with Gasteiger partial charge in [-0.15, -0.1) is 0 Å². The number of anilines is 1. The molecule has 0 spiro atoms. The first-order valence-corrected chi connectivity index (χ1v) is 13.3. The highest BCUT2D eigenvalue weighted by molar-refractivity contribution is 6.30. The molecule has 4 rings (SSSR count). The van der Waals surface area contributed by atoms with E-state index in [1.54, 1.807) is 70.2 Å². The third-order valence-corrected chi connectivity index (χ3v) is 7.59. The summed E-state index contributed by atoms with van der Waals surface area (Å²) in [6.45, 7) is 8.42. The second kappa shape index (κ2) is 11.2. The summed E-state index contributed by atoms with van der Waals surface area (Å²) in [6, 6.07) is 11.1. The summed E-state index contributed by atoms with van der Waals surface area (Å²) in [5.74, 6) is -1.86. The molecule has 0 bridgehead atoms. The molecule has 0 aliphatic carbocycles. The molecular formula is C28H33ClF3N5O2. The van der Waals surface area contributed by atoms with Crippen molar-refractivity contribution in [2.45, 2.75) is 65.3 Å². The van der Waals surface area contributed by atoms with E-state index in [1.165, 1.54) is 0 Å². The van der Waals surface area contributed by atoms with Crippen molar-refractivity contribution in [1.29, 1.82) is 0 Å². The fourth-order valence-corrected chi connectivity index (χ4v) is 4.88. The number of carbonyl (C=O) groups excluding carboxylic acids is 2. The molecule has 2 aromatic carbocycles. The Morgan fingerprint density at radius 1 is 1.13 bits per heavy atom. The summed E-state index contributed by atoms with van der Waals surface area (Å²) in [6.07, 6.45) is -3.33. The summed E-state index contributed by atoms with van der Waals surface area (Å²) in [7, 11) is 0. The minimum Gasteiger partial charge on any atom is -0.327 e. The second-order valence-electron chi connectivity index (χ2n) is 11.0. The first-order chi connectivity index (χ1) is 18.3. The minimum absolute atomic E-state index is 0.0758. The van der Waals surface area contributed by atoms with E-state index in [4.69, 9.17) is 11.6 Å². The Bertz CT molecular complexity index is 1340. The van der Waals surface area contributed by atoms with Crippen molar-refractivity contribution in [3.8, 4) is 0 Å². The summed E-state index contributed by atoms with van der Waals surface area (Å²) in [5, 5.41) is 6.75. The largest absolute Gasteiger partial charge is 0.471 e. The molecule has 1 aliphatic rings. The van der Waals surface area contributed by atoms with Crippen LogP contribution in [0.1, 0.15) is 62.5 Å². The number of fused-ring (bicyclic) bond motifs is 1. The van der Waals surface area contributed by atoms with Gasteiger partial charge in [-0.1, -0.05) is 38.4 Å². The molecule has 2 N–H and O–H groups in total. The SMILES string of the molecule is C[C@H](N(Cc1ccc2c(c1)nc(NC(=O)c1ccc(Cl)cc1)n2C1CCNCC1)C(=O)C(F)(F)F)C(C)(C)C. The maximum atomic E-state index is 13.5. The van der Waals surface area contributed by atoms with Crippen LogP contribution < -0.4 is 10.6 Å². The summed E-state index contributed by atoms with van der Waals surface area (Å²) >= 11 is 5.96. The lowest BCUT2D eigenvalue weighted by molar-refractivity contribution is -0.190. The normalized spacial score (nSPS) is 15.8. The lowest BCUT2D eigenvalue weighted by Crippen LogP contribution is -2.50. The van der Waals surface area contributed by atoms with Crippen LogP contribution in [0.25, 0.3) is 11.0 Å². The number of imidazole rings is 1. The van der Waals surface area contributed by atoms with Crippen LogP contribution in [0.2, 0.25) is 5.02 Å². The van der Waals surface area contributed by atoms with Crippen molar-refractivity contribution in [3.05, 3.63) is 58.6 Å².